The molecule has 1 amide bonds. The van der Waals surface area contributed by atoms with Crippen molar-refractivity contribution in [1.82, 2.24) is 5.32 Å². The van der Waals surface area contributed by atoms with E-state index < -0.39 is 12.1 Å². The zero-order chi connectivity index (χ0) is 62.0. The number of aliphatic hydroxyl groups excluding tert-OH is 2. The van der Waals surface area contributed by atoms with Crippen LogP contribution >= 0.6 is 0 Å². The summed E-state index contributed by atoms with van der Waals surface area (Å²) in [6, 6.07) is -0.548. The highest BCUT2D eigenvalue weighted by molar-refractivity contribution is 5.76. The first-order valence-electron chi connectivity index (χ1n) is 39.2. The molecular formula is C80H153NO5. The molecule has 0 bridgehead atoms. The smallest absolute Gasteiger partial charge is 0.305 e. The van der Waals surface area contributed by atoms with Gasteiger partial charge in [-0.05, 0) is 83.5 Å². The number of ether oxygens (including phenoxy) is 1. The van der Waals surface area contributed by atoms with Crippen LogP contribution < -0.4 is 5.32 Å². The number of rotatable bonds is 74. The van der Waals surface area contributed by atoms with E-state index in [9.17, 15) is 19.8 Å². The molecule has 508 valence electrons. The Bertz CT molecular complexity index is 1390. The molecule has 0 aromatic heterocycles. The topological polar surface area (TPSA) is 95.9 Å². The van der Waals surface area contributed by atoms with Gasteiger partial charge in [-0.3, -0.25) is 9.59 Å². The molecule has 3 N–H and O–H groups in total. The number of carbonyl (C=O) groups is 2. The van der Waals surface area contributed by atoms with Crippen LogP contribution in [-0.4, -0.2) is 47.4 Å². The van der Waals surface area contributed by atoms with Gasteiger partial charge in [-0.1, -0.05) is 378 Å². The Morgan fingerprint density at radius 2 is 0.581 bits per heavy atom. The van der Waals surface area contributed by atoms with Crippen molar-refractivity contribution in [3.05, 3.63) is 36.5 Å². The van der Waals surface area contributed by atoms with Crippen LogP contribution in [0.4, 0.5) is 0 Å². The van der Waals surface area contributed by atoms with Crippen molar-refractivity contribution < 1.29 is 24.5 Å². The SMILES string of the molecule is CCCCCCCC/C=C\CCCCCCCCCCCC(=O)OCCCCCCCCCCC/C=C\C/C=C\CCCCCCCCCCCC(=O)NC(CO)C(O)CCCCCCCCCCCCCCCCCCCCCCCCCCC. The number of nitrogens with one attached hydrogen (secondary N) is 1. The summed E-state index contributed by atoms with van der Waals surface area (Å²) in [6.07, 6.45) is 97.9. The first-order valence-corrected chi connectivity index (χ1v) is 39.2. The number of esters is 1. The largest absolute Gasteiger partial charge is 0.466 e. The molecule has 0 radical (unpaired) electrons. The Morgan fingerprint density at radius 3 is 0.895 bits per heavy atom. The van der Waals surface area contributed by atoms with E-state index in [0.717, 1.165) is 51.4 Å². The van der Waals surface area contributed by atoms with Crippen molar-refractivity contribution in [1.29, 1.82) is 0 Å². The lowest BCUT2D eigenvalue weighted by atomic mass is 10.0. The summed E-state index contributed by atoms with van der Waals surface area (Å²) < 4.78 is 5.51. The fraction of sp³-hybridized carbons (Fsp3) is 0.900. The molecule has 86 heavy (non-hydrogen) atoms. The molecule has 0 fully saturated rings. The van der Waals surface area contributed by atoms with Gasteiger partial charge >= 0.3 is 5.97 Å². The van der Waals surface area contributed by atoms with E-state index >= 15 is 0 Å². The molecule has 0 aliphatic heterocycles. The van der Waals surface area contributed by atoms with Crippen LogP contribution in [0.15, 0.2) is 36.5 Å². The fourth-order valence-corrected chi connectivity index (χ4v) is 12.4. The van der Waals surface area contributed by atoms with Crippen LogP contribution in [0.25, 0.3) is 0 Å². The molecule has 6 heteroatoms. The molecule has 6 nitrogen and oxygen atoms in total. The minimum Gasteiger partial charge on any atom is -0.466 e. The van der Waals surface area contributed by atoms with Crippen molar-refractivity contribution >= 4 is 11.9 Å². The molecule has 2 atom stereocenters. The second kappa shape index (κ2) is 75.5. The van der Waals surface area contributed by atoms with Gasteiger partial charge in [-0.25, -0.2) is 0 Å². The number of hydrogen-bond acceptors (Lipinski definition) is 5. The van der Waals surface area contributed by atoms with Crippen LogP contribution in [0.2, 0.25) is 0 Å². The normalized spacial score (nSPS) is 12.7. The third-order valence-electron chi connectivity index (χ3n) is 18.4. The summed E-state index contributed by atoms with van der Waals surface area (Å²) >= 11 is 0. The summed E-state index contributed by atoms with van der Waals surface area (Å²) in [5, 5.41) is 23.5. The molecule has 0 heterocycles. The minimum atomic E-state index is -0.671. The molecular weight excluding hydrogens is 1050 g/mol. The molecule has 2 unspecified atom stereocenters. The van der Waals surface area contributed by atoms with Gasteiger partial charge in [0.05, 0.1) is 25.4 Å². The number of unbranched alkanes of at least 4 members (excludes halogenated alkanes) is 57. The van der Waals surface area contributed by atoms with Crippen molar-refractivity contribution in [2.24, 2.45) is 0 Å². The zero-order valence-corrected chi connectivity index (χ0v) is 58.3. The minimum absolute atomic E-state index is 0.00962. The Hall–Kier alpha value is -1.92. The standard InChI is InChI=1S/C80H153NO5/c1-3-5-7-9-11-13-15-17-19-21-23-24-25-27-30-33-37-40-44-48-52-56-60-64-68-72-78(83)77(76-82)81-79(84)73-69-65-61-57-53-49-45-41-38-34-31-28-26-29-32-35-39-43-47-51-55-59-63-67-71-75-86-80(85)74-70-66-62-58-54-50-46-42-36-22-20-18-16-14-12-10-8-6-4-2/h18,20,28-29,31-32,77-78,82-83H,3-17,19,21-27,30,33-76H2,1-2H3,(H,81,84)/b20-18-,31-28-,32-29-. The number of aliphatic hydroxyl groups is 2. The lowest BCUT2D eigenvalue weighted by Gasteiger charge is -2.22. The molecule has 0 aromatic rings. The van der Waals surface area contributed by atoms with Gasteiger partial charge in [-0.15, -0.1) is 0 Å². The summed E-state index contributed by atoms with van der Waals surface area (Å²) in [6.45, 7) is 4.99. The monoisotopic (exact) mass is 1210 g/mol. The van der Waals surface area contributed by atoms with Gasteiger partial charge in [0.2, 0.25) is 5.91 Å². The fourth-order valence-electron chi connectivity index (χ4n) is 12.4. The first-order chi connectivity index (χ1) is 42.5. The Kier molecular flexibility index (Phi) is 73.9. The molecule has 0 spiro atoms. The van der Waals surface area contributed by atoms with Crippen molar-refractivity contribution in [3.8, 4) is 0 Å². The second-order valence-electron chi connectivity index (χ2n) is 27.0. The molecule has 0 saturated carbocycles. The van der Waals surface area contributed by atoms with Crippen LogP contribution in [0, 0.1) is 0 Å². The molecule has 0 aromatic carbocycles. The van der Waals surface area contributed by atoms with Crippen molar-refractivity contribution in [2.75, 3.05) is 13.2 Å². The second-order valence-corrected chi connectivity index (χ2v) is 27.0. The molecule has 0 aliphatic carbocycles. The molecule has 0 aliphatic rings. The summed E-state index contributed by atoms with van der Waals surface area (Å²) in [4.78, 5) is 24.7. The molecule has 0 saturated heterocycles. The van der Waals surface area contributed by atoms with E-state index in [4.69, 9.17) is 4.74 Å². The maximum Gasteiger partial charge on any atom is 0.305 e. The number of allylic oxidation sites excluding steroid dienone is 6. The van der Waals surface area contributed by atoms with Crippen LogP contribution in [-0.2, 0) is 14.3 Å². The van der Waals surface area contributed by atoms with E-state index in [1.54, 1.807) is 0 Å². The van der Waals surface area contributed by atoms with Gasteiger partial charge < -0.3 is 20.3 Å². The van der Waals surface area contributed by atoms with Gasteiger partial charge in [-0.2, -0.15) is 0 Å². The van der Waals surface area contributed by atoms with E-state index in [1.165, 1.54) is 353 Å². The number of amides is 1. The number of hydrogen-bond donors (Lipinski definition) is 3. The average Bonchev–Trinajstić information content (AvgIpc) is 3.53. The van der Waals surface area contributed by atoms with Crippen molar-refractivity contribution in [3.63, 3.8) is 0 Å². The Morgan fingerprint density at radius 1 is 0.326 bits per heavy atom. The third-order valence-corrected chi connectivity index (χ3v) is 18.4. The lowest BCUT2D eigenvalue weighted by Crippen LogP contribution is -2.45. The highest BCUT2D eigenvalue weighted by atomic mass is 16.5. The summed E-state index contributed by atoms with van der Waals surface area (Å²) in [5.41, 5.74) is 0. The predicted octanol–water partition coefficient (Wildman–Crippen LogP) is 25.8. The van der Waals surface area contributed by atoms with Gasteiger partial charge in [0.25, 0.3) is 0 Å². The Balaban J connectivity index is 3.41. The van der Waals surface area contributed by atoms with Gasteiger partial charge in [0.15, 0.2) is 0 Å². The maximum atomic E-state index is 12.6. The van der Waals surface area contributed by atoms with E-state index in [1.807, 2.05) is 0 Å². The molecule has 0 rings (SSSR count). The van der Waals surface area contributed by atoms with Crippen molar-refractivity contribution in [2.45, 2.75) is 450 Å². The van der Waals surface area contributed by atoms with Crippen LogP contribution in [0.5, 0.6) is 0 Å². The Labute approximate surface area is 538 Å². The lowest BCUT2D eigenvalue weighted by molar-refractivity contribution is -0.143. The highest BCUT2D eigenvalue weighted by Gasteiger charge is 2.20. The maximum absolute atomic E-state index is 12.6. The first kappa shape index (κ1) is 84.1. The van der Waals surface area contributed by atoms with Crippen LogP contribution in [0.3, 0.4) is 0 Å². The summed E-state index contributed by atoms with van der Waals surface area (Å²) in [5.74, 6) is -0.0265. The van der Waals surface area contributed by atoms with E-state index in [-0.39, 0.29) is 18.5 Å². The van der Waals surface area contributed by atoms with Crippen LogP contribution in [0.1, 0.15) is 438 Å². The van der Waals surface area contributed by atoms with Gasteiger partial charge in [0.1, 0.15) is 0 Å². The quantitative estimate of drug-likeness (QED) is 0.0320. The van der Waals surface area contributed by atoms with Gasteiger partial charge in [0, 0.05) is 12.8 Å². The van der Waals surface area contributed by atoms with E-state index in [0.29, 0.717) is 25.9 Å². The summed E-state index contributed by atoms with van der Waals surface area (Å²) in [7, 11) is 0. The number of carbonyl (C=O) groups excluding carboxylic acids is 2. The highest BCUT2D eigenvalue weighted by Crippen LogP contribution is 2.19. The average molecular weight is 1210 g/mol. The zero-order valence-electron chi connectivity index (χ0n) is 58.3. The van der Waals surface area contributed by atoms with E-state index in [2.05, 4.69) is 55.6 Å². The predicted molar refractivity (Wildman–Crippen MR) is 379 cm³/mol. The third kappa shape index (κ3) is 71.2.